The minimum atomic E-state index is -0.406. The molecule has 0 radical (unpaired) electrons. The number of nitrogens with one attached hydrogen (secondary N) is 1. The molecule has 2 aromatic heterocycles. The number of amides is 2. The number of likely N-dealkylation sites (tertiary alicyclic amines) is 1. The molecule has 2 amide bonds. The molecule has 0 atom stereocenters. The van der Waals surface area contributed by atoms with Gasteiger partial charge in [-0.3, -0.25) is 9.59 Å². The van der Waals surface area contributed by atoms with Crippen LogP contribution in [0.15, 0.2) is 24.3 Å². The summed E-state index contributed by atoms with van der Waals surface area (Å²) in [6, 6.07) is 6.84. The van der Waals surface area contributed by atoms with E-state index in [0.717, 1.165) is 49.0 Å². The van der Waals surface area contributed by atoms with Crippen molar-refractivity contribution in [3.63, 3.8) is 0 Å². The van der Waals surface area contributed by atoms with Gasteiger partial charge in [0.15, 0.2) is 12.3 Å². The van der Waals surface area contributed by atoms with E-state index < -0.39 is 5.91 Å². The summed E-state index contributed by atoms with van der Waals surface area (Å²) in [5, 5.41) is 8.34. The summed E-state index contributed by atoms with van der Waals surface area (Å²) in [6.45, 7) is 5.05. The number of piperidine rings is 1. The van der Waals surface area contributed by atoms with E-state index in [2.05, 4.69) is 15.4 Å². The van der Waals surface area contributed by atoms with E-state index in [1.807, 2.05) is 24.8 Å². The molecule has 0 saturated carbocycles. The topological polar surface area (TPSA) is 89.4 Å². The van der Waals surface area contributed by atoms with E-state index in [-0.39, 0.29) is 12.5 Å². The third kappa shape index (κ3) is 4.55. The number of hydrogen-bond acceptors (Lipinski definition) is 5. The van der Waals surface area contributed by atoms with Crippen LogP contribution in [-0.4, -0.2) is 51.2 Å². The summed E-state index contributed by atoms with van der Waals surface area (Å²) in [4.78, 5) is 32.0. The van der Waals surface area contributed by atoms with Gasteiger partial charge in [0.05, 0.1) is 16.6 Å². The highest BCUT2D eigenvalue weighted by Crippen LogP contribution is 2.27. The summed E-state index contributed by atoms with van der Waals surface area (Å²) in [5.41, 5.74) is 3.35. The number of carbonyl (C=O) groups excluding carboxylic acids is 2. The molecule has 9 heteroatoms. The smallest absolute Gasteiger partial charge is 0.262 e. The van der Waals surface area contributed by atoms with E-state index in [4.69, 9.17) is 16.3 Å². The van der Waals surface area contributed by atoms with Crippen LogP contribution in [0.2, 0.25) is 5.02 Å². The van der Waals surface area contributed by atoms with E-state index >= 15 is 0 Å². The standard InChI is InChI=1S/C23H26ClN5O3/c1-14-11-15(2)25-21-20(14)22(27-28(21)3)32-13-19(30)26-18-12-16(24)7-8-17(18)23(31)29-9-5-4-6-10-29/h7-8,11-12H,4-6,9-10,13H2,1-3H3,(H,26,30). The molecular formula is C23H26ClN5O3. The number of aryl methyl sites for hydroxylation is 3. The van der Waals surface area contributed by atoms with Crippen molar-refractivity contribution in [1.29, 1.82) is 0 Å². The molecule has 0 unspecified atom stereocenters. The maximum atomic E-state index is 13.0. The maximum Gasteiger partial charge on any atom is 0.262 e. The van der Waals surface area contributed by atoms with Gasteiger partial charge in [0.25, 0.3) is 11.8 Å². The second-order valence-electron chi connectivity index (χ2n) is 8.09. The average molecular weight is 456 g/mol. The Hall–Kier alpha value is -3.13. The Morgan fingerprint density at radius 2 is 1.91 bits per heavy atom. The molecule has 3 heterocycles. The molecule has 1 fully saturated rings. The number of ether oxygens (including phenoxy) is 1. The molecule has 1 N–H and O–H groups in total. The number of nitrogens with zero attached hydrogens (tertiary/aromatic N) is 4. The number of anilines is 1. The van der Waals surface area contributed by atoms with Gasteiger partial charge in [0, 0.05) is 30.9 Å². The van der Waals surface area contributed by atoms with E-state index in [9.17, 15) is 9.59 Å². The van der Waals surface area contributed by atoms with Crippen molar-refractivity contribution < 1.29 is 14.3 Å². The molecule has 168 valence electrons. The number of benzene rings is 1. The SMILES string of the molecule is Cc1cc(C)c2c(OCC(=O)Nc3cc(Cl)ccc3C(=O)N3CCCCC3)nn(C)c2n1. The Bertz CT molecular complexity index is 1180. The Balaban J connectivity index is 1.50. The summed E-state index contributed by atoms with van der Waals surface area (Å²) in [5.74, 6) is -0.166. The lowest BCUT2D eigenvalue weighted by molar-refractivity contribution is -0.118. The van der Waals surface area contributed by atoms with Crippen LogP contribution in [0.3, 0.4) is 0 Å². The van der Waals surface area contributed by atoms with Crippen LogP contribution in [0.5, 0.6) is 5.88 Å². The summed E-state index contributed by atoms with van der Waals surface area (Å²) >= 11 is 6.13. The van der Waals surface area contributed by atoms with Crippen molar-refractivity contribution in [2.75, 3.05) is 25.0 Å². The molecule has 3 aromatic rings. The first-order valence-corrected chi connectivity index (χ1v) is 11.0. The number of hydrogen-bond donors (Lipinski definition) is 1. The van der Waals surface area contributed by atoms with Gasteiger partial charge in [0.2, 0.25) is 5.88 Å². The molecule has 0 spiro atoms. The van der Waals surface area contributed by atoms with Crippen molar-refractivity contribution in [3.8, 4) is 5.88 Å². The third-order valence-corrected chi connectivity index (χ3v) is 5.79. The molecule has 0 aliphatic carbocycles. The van der Waals surface area contributed by atoms with Gasteiger partial charge < -0.3 is 15.0 Å². The van der Waals surface area contributed by atoms with Crippen LogP contribution < -0.4 is 10.1 Å². The Labute approximate surface area is 191 Å². The predicted octanol–water partition coefficient (Wildman–Crippen LogP) is 3.88. The summed E-state index contributed by atoms with van der Waals surface area (Å²) in [7, 11) is 1.78. The second kappa shape index (κ2) is 9.16. The van der Waals surface area contributed by atoms with Crippen molar-refractivity contribution in [2.45, 2.75) is 33.1 Å². The Morgan fingerprint density at radius 3 is 2.66 bits per heavy atom. The fraction of sp³-hybridized carbons (Fsp3) is 0.391. The first kappa shape index (κ1) is 22.1. The van der Waals surface area contributed by atoms with E-state index in [0.29, 0.717) is 27.8 Å². The molecule has 1 aliphatic rings. The zero-order chi connectivity index (χ0) is 22.8. The van der Waals surface area contributed by atoms with Crippen LogP contribution in [-0.2, 0) is 11.8 Å². The number of rotatable bonds is 5. The average Bonchev–Trinajstić information content (AvgIpc) is 3.08. The van der Waals surface area contributed by atoms with Gasteiger partial charge in [-0.2, -0.15) is 0 Å². The van der Waals surface area contributed by atoms with Gasteiger partial charge in [-0.15, -0.1) is 5.10 Å². The molecular weight excluding hydrogens is 430 g/mol. The van der Waals surface area contributed by atoms with Crippen molar-refractivity contribution >= 4 is 40.1 Å². The highest BCUT2D eigenvalue weighted by molar-refractivity contribution is 6.31. The molecule has 1 saturated heterocycles. The lowest BCUT2D eigenvalue weighted by atomic mass is 10.1. The summed E-state index contributed by atoms with van der Waals surface area (Å²) in [6.07, 6.45) is 3.10. The van der Waals surface area contributed by atoms with Crippen molar-refractivity contribution in [3.05, 3.63) is 46.1 Å². The van der Waals surface area contributed by atoms with Crippen LogP contribution >= 0.6 is 11.6 Å². The van der Waals surface area contributed by atoms with Gasteiger partial charge in [0.1, 0.15) is 0 Å². The van der Waals surface area contributed by atoms with Crippen LogP contribution in [0, 0.1) is 13.8 Å². The first-order chi connectivity index (χ1) is 15.3. The van der Waals surface area contributed by atoms with Crippen LogP contribution in [0.1, 0.15) is 40.9 Å². The minimum Gasteiger partial charge on any atom is -0.466 e. The summed E-state index contributed by atoms with van der Waals surface area (Å²) < 4.78 is 7.36. The van der Waals surface area contributed by atoms with Crippen LogP contribution in [0.25, 0.3) is 11.0 Å². The number of aromatic nitrogens is 3. The number of carbonyl (C=O) groups is 2. The molecule has 8 nitrogen and oxygen atoms in total. The predicted molar refractivity (Wildman–Crippen MR) is 123 cm³/mol. The minimum absolute atomic E-state index is 0.106. The normalized spacial score (nSPS) is 13.9. The van der Waals surface area contributed by atoms with Crippen molar-refractivity contribution in [1.82, 2.24) is 19.7 Å². The van der Waals surface area contributed by atoms with Gasteiger partial charge in [-0.05, 0) is 62.9 Å². The lowest BCUT2D eigenvalue weighted by Gasteiger charge is -2.27. The second-order valence-corrected chi connectivity index (χ2v) is 8.52. The zero-order valence-electron chi connectivity index (χ0n) is 18.4. The largest absolute Gasteiger partial charge is 0.466 e. The van der Waals surface area contributed by atoms with Gasteiger partial charge >= 0.3 is 0 Å². The molecule has 1 aliphatic heterocycles. The quantitative estimate of drug-likeness (QED) is 0.630. The van der Waals surface area contributed by atoms with Gasteiger partial charge in [-0.25, -0.2) is 9.67 Å². The molecule has 32 heavy (non-hydrogen) atoms. The number of halogens is 1. The fourth-order valence-electron chi connectivity index (χ4n) is 4.04. The highest BCUT2D eigenvalue weighted by Gasteiger charge is 2.22. The number of pyridine rings is 1. The zero-order valence-corrected chi connectivity index (χ0v) is 19.2. The van der Waals surface area contributed by atoms with E-state index in [1.54, 1.807) is 29.9 Å². The Kier molecular flexibility index (Phi) is 6.32. The maximum absolute atomic E-state index is 13.0. The molecule has 0 bridgehead atoms. The number of fused-ring (bicyclic) bond motifs is 1. The molecule has 1 aromatic carbocycles. The Morgan fingerprint density at radius 1 is 1.16 bits per heavy atom. The van der Waals surface area contributed by atoms with Crippen LogP contribution in [0.4, 0.5) is 5.69 Å². The van der Waals surface area contributed by atoms with E-state index in [1.165, 1.54) is 0 Å². The lowest BCUT2D eigenvalue weighted by Crippen LogP contribution is -2.36. The molecule has 4 rings (SSSR count). The van der Waals surface area contributed by atoms with Gasteiger partial charge in [-0.1, -0.05) is 11.6 Å². The third-order valence-electron chi connectivity index (χ3n) is 5.56. The van der Waals surface area contributed by atoms with Crippen molar-refractivity contribution in [2.24, 2.45) is 7.05 Å². The fourth-order valence-corrected chi connectivity index (χ4v) is 4.22. The monoisotopic (exact) mass is 455 g/mol. The highest BCUT2D eigenvalue weighted by atomic mass is 35.5. The first-order valence-electron chi connectivity index (χ1n) is 10.7.